The van der Waals surface area contributed by atoms with Crippen molar-refractivity contribution in [3.05, 3.63) is 22.3 Å². The third-order valence-electron chi connectivity index (χ3n) is 4.33. The summed E-state index contributed by atoms with van der Waals surface area (Å²) in [7, 11) is 0. The lowest BCUT2D eigenvalue weighted by molar-refractivity contribution is -0.150. The number of aromatic nitrogens is 1. The van der Waals surface area contributed by atoms with Gasteiger partial charge >= 0.3 is 11.9 Å². The van der Waals surface area contributed by atoms with Crippen molar-refractivity contribution >= 4 is 74.9 Å². The maximum atomic E-state index is 12.9. The van der Waals surface area contributed by atoms with Gasteiger partial charge in [0.05, 0.1) is 0 Å². The normalized spacial score (nSPS) is 20.0. The van der Waals surface area contributed by atoms with Crippen molar-refractivity contribution in [2.75, 3.05) is 24.7 Å². The molecule has 0 bridgehead atoms. The van der Waals surface area contributed by atoms with Gasteiger partial charge in [0.2, 0.25) is 0 Å². The summed E-state index contributed by atoms with van der Waals surface area (Å²) >= 11 is 6.99. The number of aliphatic carboxylic acids is 1. The SMILES string of the molecule is CC(=O)OCC1=C(C(=O)O)N2C(=O)C(NC(=O)C(=NOCC(N)=S)c3csc(N)n3)[C@H]2SC1. The molecule has 0 spiro atoms. The van der Waals surface area contributed by atoms with Crippen molar-refractivity contribution in [1.82, 2.24) is 15.2 Å². The molecular formula is C17H18N6O7S3. The number of ether oxygens (including phenoxy) is 1. The molecule has 1 fully saturated rings. The molecule has 0 saturated carbocycles. The summed E-state index contributed by atoms with van der Waals surface area (Å²) in [4.78, 5) is 58.5. The summed E-state index contributed by atoms with van der Waals surface area (Å²) in [5, 5.41) is 16.9. The Morgan fingerprint density at radius 3 is 2.76 bits per heavy atom. The maximum Gasteiger partial charge on any atom is 0.352 e. The van der Waals surface area contributed by atoms with Gasteiger partial charge in [0.1, 0.15) is 34.4 Å². The Labute approximate surface area is 200 Å². The number of carboxylic acid groups (broad SMARTS) is 1. The van der Waals surface area contributed by atoms with Crippen LogP contribution < -0.4 is 16.8 Å². The van der Waals surface area contributed by atoms with Crippen LogP contribution in [0, 0.1) is 0 Å². The Bertz CT molecular complexity index is 1080. The number of oxime groups is 1. The summed E-state index contributed by atoms with van der Waals surface area (Å²) in [5.41, 5.74) is 10.9. The quantitative estimate of drug-likeness (QED) is 0.103. The third-order valence-corrected chi connectivity index (χ3v) is 6.46. The summed E-state index contributed by atoms with van der Waals surface area (Å²) < 4.78 is 4.89. The number of carbonyl (C=O) groups is 4. The van der Waals surface area contributed by atoms with Crippen LogP contribution in [0.25, 0.3) is 0 Å². The van der Waals surface area contributed by atoms with E-state index in [2.05, 4.69) is 15.5 Å². The van der Waals surface area contributed by atoms with Gasteiger partial charge in [-0.05, 0) is 0 Å². The summed E-state index contributed by atoms with van der Waals surface area (Å²) in [5.74, 6) is -3.15. The van der Waals surface area contributed by atoms with Gasteiger partial charge in [-0.25, -0.2) is 9.78 Å². The molecule has 1 saturated heterocycles. The minimum Gasteiger partial charge on any atom is -0.477 e. The highest BCUT2D eigenvalue weighted by atomic mass is 32.2. The zero-order valence-electron chi connectivity index (χ0n) is 17.0. The monoisotopic (exact) mass is 514 g/mol. The number of thiazole rings is 1. The molecule has 1 aromatic heterocycles. The van der Waals surface area contributed by atoms with Crippen LogP contribution in [0.2, 0.25) is 0 Å². The number of thioether (sulfide) groups is 1. The van der Waals surface area contributed by atoms with Gasteiger partial charge < -0.3 is 31.5 Å². The first-order valence-corrected chi connectivity index (χ1v) is 11.5. The number of nitrogen functional groups attached to an aromatic ring is 1. The number of esters is 1. The molecule has 2 aliphatic heterocycles. The molecule has 2 amide bonds. The van der Waals surface area contributed by atoms with E-state index in [-0.39, 0.29) is 51.8 Å². The molecule has 1 aromatic rings. The number of fused-ring (bicyclic) bond motifs is 1. The second-order valence-electron chi connectivity index (χ2n) is 6.65. The molecule has 2 aliphatic rings. The lowest BCUT2D eigenvalue weighted by atomic mass is 10.0. The Morgan fingerprint density at radius 1 is 1.45 bits per heavy atom. The smallest absolute Gasteiger partial charge is 0.352 e. The highest BCUT2D eigenvalue weighted by molar-refractivity contribution is 8.00. The van der Waals surface area contributed by atoms with Gasteiger partial charge in [-0.1, -0.05) is 17.4 Å². The molecular weight excluding hydrogens is 496 g/mol. The molecule has 6 N–H and O–H groups in total. The van der Waals surface area contributed by atoms with Crippen molar-refractivity contribution in [1.29, 1.82) is 0 Å². The van der Waals surface area contributed by atoms with Crippen molar-refractivity contribution in [3.8, 4) is 0 Å². The number of anilines is 1. The second-order valence-corrected chi connectivity index (χ2v) is 9.17. The van der Waals surface area contributed by atoms with E-state index in [0.717, 1.165) is 16.2 Å². The van der Waals surface area contributed by atoms with Crippen LogP contribution in [0.3, 0.4) is 0 Å². The van der Waals surface area contributed by atoms with E-state index in [1.165, 1.54) is 24.1 Å². The number of thiocarbonyl (C=S) groups is 1. The average Bonchev–Trinajstić information content (AvgIpc) is 3.17. The minimum absolute atomic E-state index is 0.0114. The van der Waals surface area contributed by atoms with Crippen LogP contribution in [0.5, 0.6) is 0 Å². The first kappa shape index (κ1) is 24.4. The van der Waals surface area contributed by atoms with Gasteiger partial charge in [-0.3, -0.25) is 19.3 Å². The number of hydrogen-bond acceptors (Lipinski definition) is 12. The Morgan fingerprint density at radius 2 is 2.18 bits per heavy atom. The predicted octanol–water partition coefficient (Wildman–Crippen LogP) is -0.966. The predicted molar refractivity (Wildman–Crippen MR) is 122 cm³/mol. The fourth-order valence-electron chi connectivity index (χ4n) is 2.95. The zero-order valence-corrected chi connectivity index (χ0v) is 19.4. The molecule has 16 heteroatoms. The van der Waals surface area contributed by atoms with Gasteiger partial charge in [0.15, 0.2) is 17.5 Å². The first-order chi connectivity index (χ1) is 15.6. The van der Waals surface area contributed by atoms with Gasteiger partial charge in [-0.2, -0.15) is 0 Å². The highest BCUT2D eigenvalue weighted by Crippen LogP contribution is 2.40. The maximum absolute atomic E-state index is 12.9. The summed E-state index contributed by atoms with van der Waals surface area (Å²) in [6, 6.07) is -1.02. The Kier molecular flexibility index (Phi) is 7.50. The van der Waals surface area contributed by atoms with E-state index in [1.54, 1.807) is 0 Å². The third kappa shape index (κ3) is 5.40. The molecule has 176 valence electrons. The van der Waals surface area contributed by atoms with Crippen molar-refractivity contribution in [2.45, 2.75) is 18.3 Å². The molecule has 1 unspecified atom stereocenters. The lowest BCUT2D eigenvalue weighted by Crippen LogP contribution is -2.71. The fraction of sp³-hybridized carbons (Fsp3) is 0.353. The summed E-state index contributed by atoms with van der Waals surface area (Å²) in [6.45, 7) is 0.720. The highest BCUT2D eigenvalue weighted by Gasteiger charge is 2.54. The lowest BCUT2D eigenvalue weighted by Gasteiger charge is -2.49. The van der Waals surface area contributed by atoms with Crippen LogP contribution >= 0.6 is 35.3 Å². The number of nitrogens with zero attached hydrogens (tertiary/aromatic N) is 3. The van der Waals surface area contributed by atoms with Gasteiger partial charge in [-0.15, -0.1) is 23.1 Å². The molecule has 2 atom stereocenters. The molecule has 0 radical (unpaired) electrons. The molecule has 0 aliphatic carbocycles. The van der Waals surface area contributed by atoms with E-state index in [1.807, 2.05) is 0 Å². The van der Waals surface area contributed by atoms with E-state index >= 15 is 0 Å². The molecule has 0 aromatic carbocycles. The summed E-state index contributed by atoms with van der Waals surface area (Å²) in [6.07, 6.45) is 0. The van der Waals surface area contributed by atoms with Crippen LogP contribution in [-0.4, -0.2) is 79.8 Å². The molecule has 13 nitrogen and oxygen atoms in total. The number of nitrogens with one attached hydrogen (secondary N) is 1. The van der Waals surface area contributed by atoms with Crippen LogP contribution in [0.1, 0.15) is 12.6 Å². The van der Waals surface area contributed by atoms with E-state index in [9.17, 15) is 24.3 Å². The molecule has 33 heavy (non-hydrogen) atoms. The van der Waals surface area contributed by atoms with Crippen molar-refractivity contribution < 1.29 is 33.9 Å². The van der Waals surface area contributed by atoms with E-state index in [0.29, 0.717) is 0 Å². The standard InChI is InChI=1S/C17H18N6O7S3/c1-6(24)29-2-7-4-32-15-11(14(26)23(15)12(7)16(27)28)21-13(25)10(22-30-3-9(18)31)8-5-33-17(19)20-8/h5,11,15H,2-4H2,1H3,(H2,18,31)(H2,19,20)(H,21,25)(H,27,28)/t11?,15-/m1/s1. The topological polar surface area (TPSA) is 200 Å². The Hall–Kier alpha value is -3.24. The van der Waals surface area contributed by atoms with Gasteiger partial charge in [0.25, 0.3) is 11.8 Å². The van der Waals surface area contributed by atoms with Crippen LogP contribution in [-0.2, 0) is 28.8 Å². The second kappa shape index (κ2) is 10.1. The number of hydrogen-bond donors (Lipinski definition) is 4. The minimum atomic E-state index is -1.34. The first-order valence-electron chi connectivity index (χ1n) is 9.14. The van der Waals surface area contributed by atoms with E-state index in [4.69, 9.17) is 33.3 Å². The number of rotatable bonds is 9. The van der Waals surface area contributed by atoms with Crippen LogP contribution in [0.4, 0.5) is 5.13 Å². The van der Waals surface area contributed by atoms with Crippen molar-refractivity contribution in [2.24, 2.45) is 10.9 Å². The number of carbonyl (C=O) groups excluding carboxylic acids is 3. The number of carboxylic acids is 1. The zero-order chi connectivity index (χ0) is 24.3. The fourth-order valence-corrected chi connectivity index (χ4v) is 4.88. The largest absolute Gasteiger partial charge is 0.477 e. The van der Waals surface area contributed by atoms with Gasteiger partial charge in [0, 0.05) is 23.6 Å². The number of β-lactam (4-membered cyclic amide) rings is 1. The average molecular weight is 515 g/mol. The molecule has 3 rings (SSSR count). The van der Waals surface area contributed by atoms with E-state index < -0.39 is 35.2 Å². The van der Waals surface area contributed by atoms with Crippen molar-refractivity contribution in [3.63, 3.8) is 0 Å². The number of nitrogens with two attached hydrogens (primary N) is 2. The Balaban J connectivity index is 1.78. The van der Waals surface area contributed by atoms with Crippen LogP contribution in [0.15, 0.2) is 21.8 Å². The number of amides is 2. The molecule has 3 heterocycles.